The van der Waals surface area contributed by atoms with Crippen LogP contribution < -0.4 is 20.2 Å². The van der Waals surface area contributed by atoms with Crippen LogP contribution >= 0.6 is 0 Å². The fourth-order valence-corrected chi connectivity index (χ4v) is 2.77. The molecule has 0 radical (unpaired) electrons. The molecule has 1 aromatic heterocycles. The number of carbonyl (C=O) groups is 1. The maximum atomic E-state index is 12.8. The smallest absolute Gasteiger partial charge is 0.258 e. The number of fused-ring (bicyclic) bond motifs is 1. The minimum absolute atomic E-state index is 0.00416. The van der Waals surface area contributed by atoms with Gasteiger partial charge >= 0.3 is 0 Å². The van der Waals surface area contributed by atoms with E-state index in [1.165, 1.54) is 18.4 Å². The summed E-state index contributed by atoms with van der Waals surface area (Å²) in [7, 11) is 1.56. The molecular formula is C21H21NO6. The highest BCUT2D eigenvalue weighted by molar-refractivity contribution is 5.88. The van der Waals surface area contributed by atoms with Gasteiger partial charge in [-0.15, -0.1) is 0 Å². The highest BCUT2D eigenvalue weighted by atomic mass is 16.5. The second-order valence-corrected chi connectivity index (χ2v) is 6.53. The SMILES string of the molecule is COc1ccc(-c2coc3cc(OCC(=O)NC(C)C)cc(O)c3c2=O)cc1. The third-order valence-corrected chi connectivity index (χ3v) is 4.05. The second-order valence-electron chi connectivity index (χ2n) is 6.53. The molecule has 0 atom stereocenters. The van der Waals surface area contributed by atoms with Gasteiger partial charge in [-0.05, 0) is 31.5 Å². The zero-order valence-electron chi connectivity index (χ0n) is 15.8. The Bertz CT molecular complexity index is 1050. The van der Waals surface area contributed by atoms with Crippen molar-refractivity contribution >= 4 is 16.9 Å². The maximum Gasteiger partial charge on any atom is 0.258 e. The number of ether oxygens (including phenoxy) is 2. The molecule has 7 nitrogen and oxygen atoms in total. The summed E-state index contributed by atoms with van der Waals surface area (Å²) in [6.45, 7) is 3.47. The number of phenolic OH excluding ortho intramolecular Hbond substituents is 1. The lowest BCUT2D eigenvalue weighted by Gasteiger charge is -2.11. The molecule has 0 fully saturated rings. The van der Waals surface area contributed by atoms with E-state index in [0.717, 1.165) is 0 Å². The van der Waals surface area contributed by atoms with Gasteiger partial charge in [0.2, 0.25) is 5.43 Å². The van der Waals surface area contributed by atoms with Crippen LogP contribution in [0.2, 0.25) is 0 Å². The number of benzene rings is 2. The molecule has 3 rings (SSSR count). The normalized spacial score (nSPS) is 10.9. The topological polar surface area (TPSA) is 98.0 Å². The van der Waals surface area contributed by atoms with E-state index in [0.29, 0.717) is 16.9 Å². The van der Waals surface area contributed by atoms with Crippen molar-refractivity contribution in [1.29, 1.82) is 0 Å². The van der Waals surface area contributed by atoms with Crippen molar-refractivity contribution in [3.63, 3.8) is 0 Å². The summed E-state index contributed by atoms with van der Waals surface area (Å²) in [5, 5.41) is 13.1. The second kappa shape index (κ2) is 8.04. The van der Waals surface area contributed by atoms with Crippen LogP contribution in [0.15, 0.2) is 51.9 Å². The molecule has 0 aliphatic rings. The third-order valence-electron chi connectivity index (χ3n) is 4.05. The van der Waals surface area contributed by atoms with Crippen LogP contribution in [0.25, 0.3) is 22.1 Å². The van der Waals surface area contributed by atoms with Crippen LogP contribution in [0.4, 0.5) is 0 Å². The molecule has 7 heteroatoms. The van der Waals surface area contributed by atoms with Crippen LogP contribution in [0.5, 0.6) is 17.2 Å². The summed E-state index contributed by atoms with van der Waals surface area (Å²) in [6, 6.07) is 9.69. The van der Waals surface area contributed by atoms with E-state index in [4.69, 9.17) is 13.9 Å². The largest absolute Gasteiger partial charge is 0.507 e. The van der Waals surface area contributed by atoms with Crippen molar-refractivity contribution in [2.75, 3.05) is 13.7 Å². The molecule has 2 N–H and O–H groups in total. The lowest BCUT2D eigenvalue weighted by Crippen LogP contribution is -2.34. The molecule has 3 aromatic rings. The Hall–Kier alpha value is -3.48. The van der Waals surface area contributed by atoms with E-state index in [1.807, 2.05) is 13.8 Å². The fraction of sp³-hybridized carbons (Fsp3) is 0.238. The fourth-order valence-electron chi connectivity index (χ4n) is 2.77. The molecular weight excluding hydrogens is 362 g/mol. The number of amides is 1. The molecule has 0 aliphatic carbocycles. The van der Waals surface area contributed by atoms with Crippen molar-refractivity contribution in [3.05, 3.63) is 52.9 Å². The first-order valence-electron chi connectivity index (χ1n) is 8.74. The maximum absolute atomic E-state index is 12.8. The minimum atomic E-state index is -0.368. The Kier molecular flexibility index (Phi) is 5.54. The summed E-state index contributed by atoms with van der Waals surface area (Å²) in [4.78, 5) is 24.5. The predicted molar refractivity (Wildman–Crippen MR) is 105 cm³/mol. The molecule has 0 bridgehead atoms. The van der Waals surface area contributed by atoms with Gasteiger partial charge in [-0.3, -0.25) is 9.59 Å². The van der Waals surface area contributed by atoms with Crippen LogP contribution in [0, 0.1) is 0 Å². The van der Waals surface area contributed by atoms with E-state index in [2.05, 4.69) is 5.32 Å². The number of hydrogen-bond donors (Lipinski definition) is 2. The zero-order chi connectivity index (χ0) is 20.3. The molecule has 0 spiro atoms. The lowest BCUT2D eigenvalue weighted by molar-refractivity contribution is -0.123. The van der Waals surface area contributed by atoms with Gasteiger partial charge in [0.25, 0.3) is 5.91 Å². The first-order valence-corrected chi connectivity index (χ1v) is 8.74. The molecule has 2 aromatic carbocycles. The van der Waals surface area contributed by atoms with E-state index in [1.54, 1.807) is 31.4 Å². The van der Waals surface area contributed by atoms with Gasteiger partial charge in [0.15, 0.2) is 6.61 Å². The van der Waals surface area contributed by atoms with Crippen molar-refractivity contribution in [2.24, 2.45) is 0 Å². The monoisotopic (exact) mass is 383 g/mol. The molecule has 28 heavy (non-hydrogen) atoms. The van der Waals surface area contributed by atoms with Crippen molar-refractivity contribution in [3.8, 4) is 28.4 Å². The van der Waals surface area contributed by atoms with Crippen molar-refractivity contribution in [1.82, 2.24) is 5.32 Å². The molecule has 0 saturated carbocycles. The molecule has 0 aliphatic heterocycles. The summed E-state index contributed by atoms with van der Waals surface area (Å²) >= 11 is 0. The number of carbonyl (C=O) groups excluding carboxylic acids is 1. The molecule has 1 heterocycles. The van der Waals surface area contributed by atoms with Crippen LogP contribution in [-0.2, 0) is 4.79 Å². The molecule has 0 saturated heterocycles. The first kappa shape index (κ1) is 19.3. The van der Waals surface area contributed by atoms with Gasteiger partial charge in [-0.25, -0.2) is 0 Å². The van der Waals surface area contributed by atoms with E-state index in [9.17, 15) is 14.7 Å². The predicted octanol–water partition coefficient (Wildman–Crippen LogP) is 3.08. The van der Waals surface area contributed by atoms with Gasteiger partial charge in [0, 0.05) is 18.2 Å². The van der Waals surface area contributed by atoms with Crippen LogP contribution in [0.1, 0.15) is 13.8 Å². The number of rotatable bonds is 6. The van der Waals surface area contributed by atoms with E-state index < -0.39 is 0 Å². The van der Waals surface area contributed by atoms with Crippen molar-refractivity contribution < 1.29 is 23.8 Å². The highest BCUT2D eigenvalue weighted by Gasteiger charge is 2.15. The number of aromatic hydroxyl groups is 1. The Labute approximate surface area is 161 Å². The average molecular weight is 383 g/mol. The molecule has 0 unspecified atom stereocenters. The summed E-state index contributed by atoms with van der Waals surface area (Å²) in [6.07, 6.45) is 1.33. The van der Waals surface area contributed by atoms with Gasteiger partial charge in [0.05, 0.1) is 12.7 Å². The molecule has 1 amide bonds. The van der Waals surface area contributed by atoms with Gasteiger partial charge < -0.3 is 24.3 Å². The number of nitrogens with one attached hydrogen (secondary N) is 1. The Morgan fingerprint density at radius 3 is 2.54 bits per heavy atom. The van der Waals surface area contributed by atoms with Crippen LogP contribution in [-0.4, -0.2) is 30.8 Å². The Balaban J connectivity index is 1.92. The standard InChI is InChI=1S/C21H21NO6/c1-12(2)22-19(24)11-27-15-8-17(23)20-18(9-15)28-10-16(21(20)25)13-4-6-14(26-3)7-5-13/h4-10,12,23H,11H2,1-3H3,(H,22,24). The highest BCUT2D eigenvalue weighted by Crippen LogP contribution is 2.30. The van der Waals surface area contributed by atoms with Gasteiger partial charge in [-0.2, -0.15) is 0 Å². The number of phenols is 1. The number of hydrogen-bond acceptors (Lipinski definition) is 6. The Morgan fingerprint density at radius 2 is 1.89 bits per heavy atom. The lowest BCUT2D eigenvalue weighted by atomic mass is 10.0. The third kappa shape index (κ3) is 4.09. The molecule has 146 valence electrons. The van der Waals surface area contributed by atoms with Gasteiger partial charge in [0.1, 0.15) is 34.5 Å². The Morgan fingerprint density at radius 1 is 1.18 bits per heavy atom. The van der Waals surface area contributed by atoms with Gasteiger partial charge in [-0.1, -0.05) is 12.1 Å². The number of methoxy groups -OCH3 is 1. The first-order chi connectivity index (χ1) is 13.4. The average Bonchev–Trinajstić information content (AvgIpc) is 2.66. The van der Waals surface area contributed by atoms with Crippen LogP contribution in [0.3, 0.4) is 0 Å². The summed E-state index contributed by atoms with van der Waals surface area (Å²) in [5.41, 5.74) is 0.756. The van der Waals surface area contributed by atoms with E-state index >= 15 is 0 Å². The minimum Gasteiger partial charge on any atom is -0.507 e. The van der Waals surface area contributed by atoms with E-state index in [-0.39, 0.29) is 46.5 Å². The zero-order valence-corrected chi connectivity index (χ0v) is 15.8. The summed E-state index contributed by atoms with van der Waals surface area (Å²) < 4.78 is 16.1. The quantitative estimate of drug-likeness (QED) is 0.679. The van der Waals surface area contributed by atoms with Crippen molar-refractivity contribution in [2.45, 2.75) is 19.9 Å². The summed E-state index contributed by atoms with van der Waals surface area (Å²) in [5.74, 6) is 0.330.